The number of carbonyl (C=O) groups is 3. The van der Waals surface area contributed by atoms with Crippen molar-refractivity contribution >= 4 is 50.4 Å². The highest BCUT2D eigenvalue weighted by Crippen LogP contribution is 2.24. The number of nitrogens with zero attached hydrogens (tertiary/aromatic N) is 2. The third-order valence-corrected chi connectivity index (χ3v) is 3.88. The van der Waals surface area contributed by atoms with E-state index in [-0.39, 0.29) is 17.9 Å². The molecule has 0 atom stereocenters. The van der Waals surface area contributed by atoms with Crippen molar-refractivity contribution in [3.05, 3.63) is 40.4 Å². The number of nitrogens with two attached hydrogens (primary N) is 1. The first kappa shape index (κ1) is 16.6. The Hall–Kier alpha value is -3.21. The van der Waals surface area contributed by atoms with Crippen molar-refractivity contribution < 1.29 is 14.4 Å². The van der Waals surface area contributed by atoms with Gasteiger partial charge in [-0.25, -0.2) is 4.98 Å². The molecule has 6 N–H and O–H groups in total. The first-order chi connectivity index (χ1) is 12.0. The fourth-order valence-electron chi connectivity index (χ4n) is 2.14. The Morgan fingerprint density at radius 3 is 2.80 bits per heavy atom. The first-order valence-corrected chi connectivity index (χ1v) is 7.79. The number of H-pyrrole nitrogens is 2. The Labute approximate surface area is 148 Å². The lowest BCUT2D eigenvalue weighted by Gasteiger charge is -2.07. The number of aromatic amines is 2. The molecule has 128 valence electrons. The number of amides is 3. The van der Waals surface area contributed by atoms with Gasteiger partial charge in [-0.2, -0.15) is 5.10 Å². The van der Waals surface area contributed by atoms with Crippen LogP contribution < -0.4 is 16.4 Å². The number of carbonyl (C=O) groups excluding carboxylic acids is 3. The largest absolute Gasteiger partial charge is 0.368 e. The van der Waals surface area contributed by atoms with Crippen molar-refractivity contribution in [2.24, 2.45) is 5.73 Å². The van der Waals surface area contributed by atoms with Crippen LogP contribution in [0.25, 0.3) is 11.0 Å². The number of halogens is 1. The number of imidazole rings is 1. The van der Waals surface area contributed by atoms with E-state index in [1.54, 1.807) is 12.1 Å². The molecule has 0 spiro atoms. The van der Waals surface area contributed by atoms with E-state index in [9.17, 15) is 14.4 Å². The van der Waals surface area contributed by atoms with E-state index >= 15 is 0 Å². The van der Waals surface area contributed by atoms with Gasteiger partial charge >= 0.3 is 0 Å². The third-order valence-electron chi connectivity index (χ3n) is 3.28. The molecule has 0 aliphatic rings. The molecule has 1 aromatic carbocycles. The maximum Gasteiger partial charge on any atom is 0.271 e. The molecule has 0 unspecified atom stereocenters. The molecular weight excluding hydrogens is 394 g/mol. The number of rotatable bonds is 5. The average molecular weight is 406 g/mol. The molecule has 10 nitrogen and oxygen atoms in total. The number of hydrogen-bond acceptors (Lipinski definition) is 5. The van der Waals surface area contributed by atoms with Gasteiger partial charge in [0.15, 0.2) is 0 Å². The van der Waals surface area contributed by atoms with Crippen LogP contribution in [-0.4, -0.2) is 44.4 Å². The number of aromatic nitrogens is 4. The predicted molar refractivity (Wildman–Crippen MR) is 91.9 cm³/mol. The monoisotopic (exact) mass is 405 g/mol. The van der Waals surface area contributed by atoms with E-state index in [4.69, 9.17) is 5.73 Å². The lowest BCUT2D eigenvalue weighted by molar-refractivity contribution is -0.117. The zero-order chi connectivity index (χ0) is 18.0. The second kappa shape index (κ2) is 6.73. The van der Waals surface area contributed by atoms with E-state index in [1.165, 1.54) is 12.5 Å². The fraction of sp³-hybridized carbons (Fsp3) is 0.0714. The highest BCUT2D eigenvalue weighted by atomic mass is 79.9. The van der Waals surface area contributed by atoms with Gasteiger partial charge in [0, 0.05) is 10.0 Å². The van der Waals surface area contributed by atoms with Gasteiger partial charge in [0.2, 0.25) is 5.91 Å². The van der Waals surface area contributed by atoms with Crippen LogP contribution in [0.2, 0.25) is 0 Å². The van der Waals surface area contributed by atoms with Crippen LogP contribution in [0.1, 0.15) is 20.8 Å². The van der Waals surface area contributed by atoms with Crippen molar-refractivity contribution in [2.45, 2.75) is 0 Å². The molecule has 11 heteroatoms. The molecule has 0 fully saturated rings. The standard InChI is InChI=1S/C14H12BrN7O3/c15-7-1-6(2-8-11(7)19-5-18-8)13(24)21-9-3-20-22-12(9)14(25)17-4-10(16)23/h1-3,5H,4H2,(H2,16,23)(H,17,25)(H,18,19)(H,20,22)(H,21,24). The molecule has 0 bridgehead atoms. The Morgan fingerprint density at radius 1 is 1.24 bits per heavy atom. The maximum atomic E-state index is 12.5. The molecule has 3 amide bonds. The summed E-state index contributed by atoms with van der Waals surface area (Å²) in [7, 11) is 0. The van der Waals surface area contributed by atoms with Crippen LogP contribution in [0.5, 0.6) is 0 Å². The summed E-state index contributed by atoms with van der Waals surface area (Å²) >= 11 is 3.36. The summed E-state index contributed by atoms with van der Waals surface area (Å²) in [5.41, 5.74) is 6.90. The Balaban J connectivity index is 1.80. The quantitative estimate of drug-likeness (QED) is 0.417. The van der Waals surface area contributed by atoms with Crippen molar-refractivity contribution in [3.63, 3.8) is 0 Å². The Bertz CT molecular complexity index is 978. The van der Waals surface area contributed by atoms with Gasteiger partial charge in [0.1, 0.15) is 11.2 Å². The van der Waals surface area contributed by atoms with Crippen LogP contribution >= 0.6 is 15.9 Å². The Kier molecular flexibility index (Phi) is 4.48. The van der Waals surface area contributed by atoms with E-state index in [0.29, 0.717) is 21.1 Å². The smallest absolute Gasteiger partial charge is 0.271 e. The summed E-state index contributed by atoms with van der Waals surface area (Å²) in [6.45, 7) is -0.325. The normalized spacial score (nSPS) is 10.6. The lowest BCUT2D eigenvalue weighted by atomic mass is 10.2. The SMILES string of the molecule is NC(=O)CNC(=O)c1[nH]ncc1NC(=O)c1cc(Br)c2nc[nH]c2c1. The van der Waals surface area contributed by atoms with Crippen molar-refractivity contribution in [1.29, 1.82) is 0 Å². The summed E-state index contributed by atoms with van der Waals surface area (Å²) in [5, 5.41) is 11.1. The van der Waals surface area contributed by atoms with Gasteiger partial charge in [-0.3, -0.25) is 19.5 Å². The summed E-state index contributed by atoms with van der Waals surface area (Å²) in [6.07, 6.45) is 2.81. The molecule has 0 saturated heterocycles. The number of fused-ring (bicyclic) bond motifs is 1. The van der Waals surface area contributed by atoms with Gasteiger partial charge in [0.25, 0.3) is 11.8 Å². The van der Waals surface area contributed by atoms with E-state index < -0.39 is 17.7 Å². The van der Waals surface area contributed by atoms with E-state index in [2.05, 4.69) is 46.7 Å². The second-order valence-electron chi connectivity index (χ2n) is 5.02. The molecule has 0 radical (unpaired) electrons. The molecule has 3 rings (SSSR count). The Morgan fingerprint density at radius 2 is 2.04 bits per heavy atom. The van der Waals surface area contributed by atoms with Crippen LogP contribution in [0.15, 0.2) is 29.1 Å². The van der Waals surface area contributed by atoms with Gasteiger partial charge in [-0.15, -0.1) is 0 Å². The van der Waals surface area contributed by atoms with Gasteiger partial charge in [0.05, 0.1) is 30.3 Å². The number of primary amides is 1. The van der Waals surface area contributed by atoms with E-state index in [1.807, 2.05) is 0 Å². The van der Waals surface area contributed by atoms with Crippen molar-refractivity contribution in [1.82, 2.24) is 25.5 Å². The summed E-state index contributed by atoms with van der Waals surface area (Å²) in [5.74, 6) is -1.74. The van der Waals surface area contributed by atoms with Crippen molar-refractivity contribution in [2.75, 3.05) is 11.9 Å². The number of nitrogens with one attached hydrogen (secondary N) is 4. The molecule has 0 saturated carbocycles. The van der Waals surface area contributed by atoms with Gasteiger partial charge < -0.3 is 21.4 Å². The second-order valence-corrected chi connectivity index (χ2v) is 5.87. The molecule has 25 heavy (non-hydrogen) atoms. The van der Waals surface area contributed by atoms with Crippen LogP contribution in [-0.2, 0) is 4.79 Å². The topological polar surface area (TPSA) is 159 Å². The number of anilines is 1. The average Bonchev–Trinajstić information content (AvgIpc) is 3.21. The molecular formula is C14H12BrN7O3. The predicted octanol–water partition coefficient (Wildman–Crippen LogP) is 0.516. The maximum absolute atomic E-state index is 12.5. The fourth-order valence-corrected chi connectivity index (χ4v) is 2.70. The number of hydrogen-bond donors (Lipinski definition) is 5. The highest BCUT2D eigenvalue weighted by Gasteiger charge is 2.18. The summed E-state index contributed by atoms with van der Waals surface area (Å²) in [4.78, 5) is 42.2. The van der Waals surface area contributed by atoms with Crippen LogP contribution in [0.4, 0.5) is 5.69 Å². The third kappa shape index (κ3) is 3.50. The minimum Gasteiger partial charge on any atom is -0.368 e. The van der Waals surface area contributed by atoms with Gasteiger partial charge in [-0.1, -0.05) is 0 Å². The lowest BCUT2D eigenvalue weighted by Crippen LogP contribution is -2.34. The molecule has 2 heterocycles. The molecule has 2 aromatic heterocycles. The summed E-state index contributed by atoms with van der Waals surface area (Å²) in [6, 6.07) is 3.25. The minimum absolute atomic E-state index is 0.0104. The van der Waals surface area contributed by atoms with Gasteiger partial charge in [-0.05, 0) is 28.1 Å². The molecule has 3 aromatic rings. The molecule has 0 aliphatic heterocycles. The van der Waals surface area contributed by atoms with Crippen LogP contribution in [0.3, 0.4) is 0 Å². The minimum atomic E-state index is -0.684. The zero-order valence-electron chi connectivity index (χ0n) is 12.6. The van der Waals surface area contributed by atoms with Crippen molar-refractivity contribution in [3.8, 4) is 0 Å². The van der Waals surface area contributed by atoms with Crippen LogP contribution in [0, 0.1) is 0 Å². The number of benzene rings is 1. The first-order valence-electron chi connectivity index (χ1n) is 6.99. The highest BCUT2D eigenvalue weighted by molar-refractivity contribution is 9.10. The summed E-state index contributed by atoms with van der Waals surface area (Å²) < 4.78 is 0.656. The zero-order valence-corrected chi connectivity index (χ0v) is 14.2. The van der Waals surface area contributed by atoms with E-state index in [0.717, 1.165) is 0 Å². The molecule has 0 aliphatic carbocycles.